The number of carbonyl (C=O) groups is 2. The fourth-order valence-electron chi connectivity index (χ4n) is 4.84. The second-order valence-electron chi connectivity index (χ2n) is 9.72. The Morgan fingerprint density at radius 3 is 2.28 bits per heavy atom. The Hall–Kier alpha value is -2.98. The van der Waals surface area contributed by atoms with Gasteiger partial charge >= 0.3 is 0 Å². The fraction of sp³-hybridized carbons (Fsp3) is 0.500. The van der Waals surface area contributed by atoms with Gasteiger partial charge in [0.05, 0.1) is 26.2 Å². The van der Waals surface area contributed by atoms with Crippen LogP contribution in [0, 0.1) is 0 Å². The average Bonchev–Trinajstić information content (AvgIpc) is 2.92. The van der Waals surface area contributed by atoms with Gasteiger partial charge in [-0.15, -0.1) is 0 Å². The summed E-state index contributed by atoms with van der Waals surface area (Å²) in [7, 11) is -1.04. The van der Waals surface area contributed by atoms with Crippen LogP contribution in [0.15, 0.2) is 42.5 Å². The lowest BCUT2D eigenvalue weighted by Gasteiger charge is -2.34. The zero-order valence-corrected chi connectivity index (χ0v) is 24.6. The Kier molecular flexibility index (Phi) is 10.9. The third-order valence-corrected chi connectivity index (χ3v) is 8.32. The van der Waals surface area contributed by atoms with Crippen molar-refractivity contribution in [3.8, 4) is 11.5 Å². The molecule has 1 aliphatic rings. The Morgan fingerprint density at radius 1 is 1.05 bits per heavy atom. The molecule has 11 heteroatoms. The first kappa shape index (κ1) is 30.6. The van der Waals surface area contributed by atoms with Crippen LogP contribution in [0.4, 0.5) is 5.69 Å². The number of halogens is 1. The van der Waals surface area contributed by atoms with Gasteiger partial charge in [0.25, 0.3) is 0 Å². The summed E-state index contributed by atoms with van der Waals surface area (Å²) in [5.74, 6) is -0.0916. The molecule has 9 nitrogen and oxygen atoms in total. The van der Waals surface area contributed by atoms with E-state index >= 15 is 0 Å². The molecule has 0 aromatic heterocycles. The lowest BCUT2D eigenvalue weighted by Crippen LogP contribution is -2.54. The van der Waals surface area contributed by atoms with E-state index in [2.05, 4.69) is 5.32 Å². The number of benzene rings is 2. The summed E-state index contributed by atoms with van der Waals surface area (Å²) in [6.45, 7) is 1.43. The number of nitrogens with one attached hydrogen (secondary N) is 1. The van der Waals surface area contributed by atoms with Crippen LogP contribution in [0.2, 0.25) is 5.02 Å². The molecule has 3 rings (SSSR count). The molecule has 0 radical (unpaired) electrons. The minimum atomic E-state index is -3.93. The molecule has 1 fully saturated rings. The van der Waals surface area contributed by atoms with Crippen LogP contribution >= 0.6 is 11.6 Å². The fourth-order valence-corrected chi connectivity index (χ4v) is 5.81. The van der Waals surface area contributed by atoms with Crippen LogP contribution in [-0.4, -0.2) is 64.2 Å². The van der Waals surface area contributed by atoms with E-state index in [1.165, 1.54) is 25.2 Å². The highest BCUT2D eigenvalue weighted by Gasteiger charge is 2.33. The third kappa shape index (κ3) is 8.25. The predicted octanol–water partition coefficient (Wildman–Crippen LogP) is 4.38. The van der Waals surface area contributed by atoms with Gasteiger partial charge in [-0.1, -0.05) is 49.9 Å². The smallest absolute Gasteiger partial charge is 0.244 e. The molecule has 39 heavy (non-hydrogen) atoms. The molecule has 0 bridgehead atoms. The maximum Gasteiger partial charge on any atom is 0.244 e. The second-order valence-corrected chi connectivity index (χ2v) is 12.1. The number of amides is 2. The molecule has 2 aromatic rings. The van der Waals surface area contributed by atoms with Gasteiger partial charge in [0.1, 0.15) is 24.1 Å². The lowest BCUT2D eigenvalue weighted by molar-refractivity contribution is -0.140. The SMILES string of the molecule is CC[C@@H](C(=O)NC1CCCCC1)N(Cc1ccc(Cl)cc1)C(=O)CN(c1cc(OC)ccc1OC)S(C)(=O)=O. The zero-order valence-electron chi connectivity index (χ0n) is 23.0. The van der Waals surface area contributed by atoms with Crippen molar-refractivity contribution in [1.82, 2.24) is 10.2 Å². The number of anilines is 1. The van der Waals surface area contributed by atoms with Crippen LogP contribution in [0.1, 0.15) is 51.0 Å². The van der Waals surface area contributed by atoms with E-state index < -0.39 is 28.5 Å². The van der Waals surface area contributed by atoms with Gasteiger partial charge in [0.2, 0.25) is 21.8 Å². The number of ether oxygens (including phenoxy) is 2. The molecule has 2 amide bonds. The molecule has 2 aromatic carbocycles. The summed E-state index contributed by atoms with van der Waals surface area (Å²) in [5.41, 5.74) is 0.931. The van der Waals surface area contributed by atoms with Gasteiger partial charge in [0.15, 0.2) is 0 Å². The van der Waals surface area contributed by atoms with Crippen molar-refractivity contribution in [3.05, 3.63) is 53.1 Å². The van der Waals surface area contributed by atoms with Crippen LogP contribution in [0.3, 0.4) is 0 Å². The number of nitrogens with zero attached hydrogens (tertiary/aromatic N) is 2. The van der Waals surface area contributed by atoms with E-state index in [1.54, 1.807) is 36.4 Å². The molecular weight excluding hydrogens is 542 g/mol. The van der Waals surface area contributed by atoms with Crippen molar-refractivity contribution in [2.45, 2.75) is 64.1 Å². The quantitative estimate of drug-likeness (QED) is 0.400. The summed E-state index contributed by atoms with van der Waals surface area (Å²) in [6.07, 6.45) is 6.46. The van der Waals surface area contributed by atoms with Crippen LogP contribution in [0.25, 0.3) is 0 Å². The topological polar surface area (TPSA) is 105 Å². The molecule has 1 aliphatic carbocycles. The van der Waals surface area contributed by atoms with Crippen LogP contribution in [0.5, 0.6) is 11.5 Å². The van der Waals surface area contributed by atoms with Crippen molar-refractivity contribution in [2.24, 2.45) is 0 Å². The predicted molar refractivity (Wildman–Crippen MR) is 153 cm³/mol. The number of carbonyl (C=O) groups excluding carboxylic acids is 2. The highest BCUT2D eigenvalue weighted by Crippen LogP contribution is 2.34. The molecule has 1 atom stereocenters. The number of methoxy groups -OCH3 is 2. The van der Waals surface area contributed by atoms with Crippen molar-refractivity contribution in [3.63, 3.8) is 0 Å². The van der Waals surface area contributed by atoms with E-state index in [4.69, 9.17) is 21.1 Å². The Morgan fingerprint density at radius 2 is 1.72 bits per heavy atom. The molecule has 0 unspecified atom stereocenters. The third-order valence-electron chi connectivity index (χ3n) is 6.94. The summed E-state index contributed by atoms with van der Waals surface area (Å²) in [5, 5.41) is 3.67. The minimum absolute atomic E-state index is 0.0707. The number of rotatable bonds is 12. The average molecular weight is 580 g/mol. The molecule has 214 valence electrons. The minimum Gasteiger partial charge on any atom is -0.497 e. The van der Waals surface area contributed by atoms with Crippen molar-refractivity contribution < 1.29 is 27.5 Å². The standard InChI is InChI=1S/C28H38ClN3O6S/c1-5-24(28(34)30-22-9-7-6-8-10-22)31(18-20-11-13-21(29)14-12-20)27(33)19-32(39(4,35)36)25-17-23(37-2)15-16-26(25)38-3/h11-17,22,24H,5-10,18-19H2,1-4H3,(H,30,34)/t24-/m0/s1. The van der Waals surface area contributed by atoms with Gasteiger partial charge in [-0.3, -0.25) is 13.9 Å². The molecule has 1 N–H and O–H groups in total. The molecular formula is C28H38ClN3O6S. The van der Waals surface area contributed by atoms with E-state index in [0.29, 0.717) is 17.2 Å². The summed E-state index contributed by atoms with van der Waals surface area (Å²) in [6, 6.07) is 11.0. The first-order chi connectivity index (χ1) is 18.6. The van der Waals surface area contributed by atoms with Crippen molar-refractivity contribution in [1.29, 1.82) is 0 Å². The zero-order chi connectivity index (χ0) is 28.6. The van der Waals surface area contributed by atoms with Crippen LogP contribution in [-0.2, 0) is 26.2 Å². The van der Waals surface area contributed by atoms with Gasteiger partial charge in [-0.05, 0) is 49.1 Å². The van der Waals surface area contributed by atoms with Gasteiger partial charge < -0.3 is 19.7 Å². The largest absolute Gasteiger partial charge is 0.497 e. The highest BCUT2D eigenvalue weighted by atomic mass is 35.5. The Labute approximate surface area is 236 Å². The summed E-state index contributed by atoms with van der Waals surface area (Å²) < 4.78 is 37.6. The molecule has 0 spiro atoms. The number of hydrogen-bond donors (Lipinski definition) is 1. The van der Waals surface area contributed by atoms with Crippen molar-refractivity contribution in [2.75, 3.05) is 31.3 Å². The maximum atomic E-state index is 13.9. The van der Waals surface area contributed by atoms with Crippen molar-refractivity contribution >= 4 is 39.1 Å². The van der Waals surface area contributed by atoms with E-state index in [9.17, 15) is 18.0 Å². The van der Waals surface area contributed by atoms with E-state index in [1.807, 2.05) is 6.92 Å². The molecule has 1 saturated carbocycles. The van der Waals surface area contributed by atoms with Gasteiger partial charge in [-0.2, -0.15) is 0 Å². The molecule has 0 aliphatic heterocycles. The second kappa shape index (κ2) is 13.9. The van der Waals surface area contributed by atoms with Gasteiger partial charge in [-0.25, -0.2) is 8.42 Å². The number of hydrogen-bond acceptors (Lipinski definition) is 6. The number of sulfonamides is 1. The maximum absolute atomic E-state index is 13.9. The highest BCUT2D eigenvalue weighted by molar-refractivity contribution is 7.92. The van der Waals surface area contributed by atoms with E-state index in [0.717, 1.165) is 48.2 Å². The lowest BCUT2D eigenvalue weighted by atomic mass is 9.95. The summed E-state index contributed by atoms with van der Waals surface area (Å²) >= 11 is 6.06. The van der Waals surface area contributed by atoms with Gasteiger partial charge in [0, 0.05) is 23.7 Å². The summed E-state index contributed by atoms with van der Waals surface area (Å²) in [4.78, 5) is 28.9. The Bertz CT molecular complexity index is 1230. The first-order valence-corrected chi connectivity index (χ1v) is 15.3. The van der Waals surface area contributed by atoms with Crippen LogP contribution < -0.4 is 19.1 Å². The molecule has 0 heterocycles. The molecule has 0 saturated heterocycles. The van der Waals surface area contributed by atoms with E-state index in [-0.39, 0.29) is 29.9 Å². The Balaban J connectivity index is 1.97. The normalized spacial score (nSPS) is 14.8. The first-order valence-electron chi connectivity index (χ1n) is 13.1. The monoisotopic (exact) mass is 579 g/mol.